The first-order chi connectivity index (χ1) is 9.90. The molecule has 3 heterocycles. The molecular formula is C16H19N3O. The van der Waals surface area contributed by atoms with E-state index in [1.54, 1.807) is 0 Å². The van der Waals surface area contributed by atoms with Gasteiger partial charge in [-0.2, -0.15) is 5.10 Å². The number of rotatable bonds is 2. The second-order valence-electron chi connectivity index (χ2n) is 5.65. The van der Waals surface area contributed by atoms with E-state index in [2.05, 4.69) is 39.8 Å². The van der Waals surface area contributed by atoms with E-state index < -0.39 is 0 Å². The Kier molecular flexibility index (Phi) is 2.96. The molecule has 4 nitrogen and oxygen atoms in total. The van der Waals surface area contributed by atoms with Crippen LogP contribution >= 0.6 is 0 Å². The molecule has 0 bridgehead atoms. The number of H-pyrrole nitrogens is 1. The number of nitrogens with zero attached hydrogens (tertiary/aromatic N) is 1. The van der Waals surface area contributed by atoms with Gasteiger partial charge in [-0.1, -0.05) is 0 Å². The monoisotopic (exact) mass is 269 g/mol. The lowest BCUT2D eigenvalue weighted by molar-refractivity contribution is 0.357. The Labute approximate surface area is 118 Å². The minimum Gasteiger partial charge on any atom is -0.493 e. The highest BCUT2D eigenvalue weighted by atomic mass is 16.5. The van der Waals surface area contributed by atoms with Crippen molar-refractivity contribution in [3.05, 3.63) is 35.5 Å². The predicted molar refractivity (Wildman–Crippen MR) is 78.1 cm³/mol. The maximum absolute atomic E-state index is 5.55. The Morgan fingerprint density at radius 1 is 1.15 bits per heavy atom. The molecule has 0 amide bonds. The Bertz CT molecular complexity index is 614. The molecule has 0 unspecified atom stereocenters. The Hall–Kier alpha value is -1.81. The number of hydrogen-bond donors (Lipinski definition) is 2. The molecule has 2 aliphatic heterocycles. The second-order valence-corrected chi connectivity index (χ2v) is 5.65. The number of aromatic nitrogens is 2. The van der Waals surface area contributed by atoms with E-state index in [1.165, 1.54) is 29.7 Å². The van der Waals surface area contributed by atoms with Crippen molar-refractivity contribution in [3.63, 3.8) is 0 Å². The van der Waals surface area contributed by atoms with Crippen LogP contribution in [0.5, 0.6) is 5.75 Å². The fraction of sp³-hybridized carbons (Fsp3) is 0.438. The number of benzene rings is 1. The highest BCUT2D eigenvalue weighted by Crippen LogP contribution is 2.31. The van der Waals surface area contributed by atoms with E-state index >= 15 is 0 Å². The van der Waals surface area contributed by atoms with Gasteiger partial charge < -0.3 is 10.1 Å². The number of fused-ring (bicyclic) bond motifs is 1. The van der Waals surface area contributed by atoms with Gasteiger partial charge in [0.15, 0.2) is 0 Å². The zero-order valence-corrected chi connectivity index (χ0v) is 11.5. The Morgan fingerprint density at radius 3 is 2.95 bits per heavy atom. The van der Waals surface area contributed by atoms with Gasteiger partial charge in [-0.25, -0.2) is 0 Å². The van der Waals surface area contributed by atoms with Crippen molar-refractivity contribution < 1.29 is 4.74 Å². The molecule has 4 heteroatoms. The fourth-order valence-corrected chi connectivity index (χ4v) is 3.17. The number of ether oxygens (including phenoxy) is 1. The normalized spacial score (nSPS) is 18.8. The summed E-state index contributed by atoms with van der Waals surface area (Å²) in [5.41, 5.74) is 4.81. The summed E-state index contributed by atoms with van der Waals surface area (Å²) in [5, 5.41) is 11.1. The van der Waals surface area contributed by atoms with Crippen LogP contribution in [0.15, 0.2) is 24.3 Å². The zero-order valence-electron chi connectivity index (χ0n) is 11.5. The molecule has 0 spiro atoms. The van der Waals surface area contributed by atoms with Crippen molar-refractivity contribution in [1.82, 2.24) is 15.5 Å². The zero-order chi connectivity index (χ0) is 13.4. The minimum atomic E-state index is 0.621. The van der Waals surface area contributed by atoms with Crippen LogP contribution in [0.2, 0.25) is 0 Å². The van der Waals surface area contributed by atoms with Gasteiger partial charge in [0.2, 0.25) is 0 Å². The molecule has 2 N–H and O–H groups in total. The van der Waals surface area contributed by atoms with Crippen LogP contribution in [0.3, 0.4) is 0 Å². The van der Waals surface area contributed by atoms with Gasteiger partial charge in [0.1, 0.15) is 5.75 Å². The lowest BCUT2D eigenvalue weighted by Crippen LogP contribution is -2.26. The molecule has 0 atom stereocenters. The van der Waals surface area contributed by atoms with Gasteiger partial charge in [0, 0.05) is 23.6 Å². The molecule has 20 heavy (non-hydrogen) atoms. The molecule has 2 aliphatic rings. The minimum absolute atomic E-state index is 0.621. The molecular weight excluding hydrogens is 250 g/mol. The van der Waals surface area contributed by atoms with Crippen molar-refractivity contribution in [1.29, 1.82) is 0 Å². The summed E-state index contributed by atoms with van der Waals surface area (Å²) < 4.78 is 5.55. The molecule has 0 saturated carbocycles. The second kappa shape index (κ2) is 4.94. The summed E-state index contributed by atoms with van der Waals surface area (Å²) in [4.78, 5) is 0. The number of aromatic amines is 1. The maximum Gasteiger partial charge on any atom is 0.122 e. The van der Waals surface area contributed by atoms with E-state index in [4.69, 9.17) is 4.74 Å². The fourth-order valence-electron chi connectivity index (χ4n) is 3.17. The van der Waals surface area contributed by atoms with Crippen LogP contribution in [0.25, 0.3) is 11.3 Å². The topological polar surface area (TPSA) is 49.9 Å². The summed E-state index contributed by atoms with van der Waals surface area (Å²) >= 11 is 0. The third kappa shape index (κ3) is 2.10. The van der Waals surface area contributed by atoms with Crippen molar-refractivity contribution in [3.8, 4) is 17.0 Å². The highest BCUT2D eigenvalue weighted by Gasteiger charge is 2.18. The summed E-state index contributed by atoms with van der Waals surface area (Å²) in [6.07, 6.45) is 3.40. The quantitative estimate of drug-likeness (QED) is 0.880. The van der Waals surface area contributed by atoms with Gasteiger partial charge in [0.25, 0.3) is 0 Å². The van der Waals surface area contributed by atoms with Gasteiger partial charge >= 0.3 is 0 Å². The summed E-state index contributed by atoms with van der Waals surface area (Å²) in [5.74, 6) is 1.65. The van der Waals surface area contributed by atoms with Crippen LogP contribution in [-0.2, 0) is 6.42 Å². The molecule has 2 aromatic rings. The third-order valence-electron chi connectivity index (χ3n) is 4.36. The predicted octanol–water partition coefficient (Wildman–Crippen LogP) is 2.48. The number of nitrogens with one attached hydrogen (secondary N) is 2. The summed E-state index contributed by atoms with van der Waals surface area (Å²) in [6.45, 7) is 3.02. The van der Waals surface area contributed by atoms with Crippen molar-refractivity contribution >= 4 is 0 Å². The van der Waals surface area contributed by atoms with Crippen molar-refractivity contribution in [2.24, 2.45) is 0 Å². The van der Waals surface area contributed by atoms with Crippen LogP contribution < -0.4 is 10.1 Å². The molecule has 1 fully saturated rings. The lowest BCUT2D eigenvalue weighted by atomic mass is 9.94. The van der Waals surface area contributed by atoms with Crippen LogP contribution in [0.1, 0.15) is 30.0 Å². The first-order valence-electron chi connectivity index (χ1n) is 7.42. The van der Waals surface area contributed by atoms with E-state index in [1.807, 2.05) is 0 Å². The third-order valence-corrected chi connectivity index (χ3v) is 4.36. The molecule has 1 saturated heterocycles. The molecule has 1 aromatic heterocycles. The van der Waals surface area contributed by atoms with E-state index in [0.717, 1.165) is 37.6 Å². The molecule has 0 radical (unpaired) electrons. The Morgan fingerprint density at radius 2 is 2.05 bits per heavy atom. The standard InChI is InChI=1S/C16H19N3O/c1-2-16-13(5-8-20-16)9-12(1)15-10-14(18-19-15)11-3-6-17-7-4-11/h1-2,9-11,17H,3-8H2,(H,18,19). The van der Waals surface area contributed by atoms with Gasteiger partial charge in [-0.05, 0) is 55.8 Å². The molecule has 104 valence electrons. The van der Waals surface area contributed by atoms with Crippen LogP contribution in [0, 0.1) is 0 Å². The Balaban J connectivity index is 1.61. The molecule has 4 rings (SSSR count). The average Bonchev–Trinajstić information content (AvgIpc) is 3.16. The summed E-state index contributed by atoms with van der Waals surface area (Å²) in [7, 11) is 0. The first-order valence-corrected chi connectivity index (χ1v) is 7.42. The molecule has 0 aliphatic carbocycles. The van der Waals surface area contributed by atoms with Crippen LogP contribution in [-0.4, -0.2) is 29.9 Å². The maximum atomic E-state index is 5.55. The number of hydrogen-bond acceptors (Lipinski definition) is 3. The summed E-state index contributed by atoms with van der Waals surface area (Å²) in [6, 6.07) is 8.60. The first kappa shape index (κ1) is 12.0. The van der Waals surface area contributed by atoms with Gasteiger partial charge in [-0.15, -0.1) is 0 Å². The van der Waals surface area contributed by atoms with Gasteiger partial charge in [-0.3, -0.25) is 5.10 Å². The average molecular weight is 269 g/mol. The van der Waals surface area contributed by atoms with Crippen LogP contribution in [0.4, 0.5) is 0 Å². The number of piperidine rings is 1. The van der Waals surface area contributed by atoms with Gasteiger partial charge in [0.05, 0.1) is 12.3 Å². The van der Waals surface area contributed by atoms with E-state index in [9.17, 15) is 0 Å². The highest BCUT2D eigenvalue weighted by molar-refractivity contribution is 5.63. The van der Waals surface area contributed by atoms with Crippen molar-refractivity contribution in [2.75, 3.05) is 19.7 Å². The molecule has 1 aromatic carbocycles. The SMILES string of the molecule is c1cc2c(cc1-c1cc(C3CCNCC3)[nH]n1)CCO2. The van der Waals surface area contributed by atoms with Crippen molar-refractivity contribution in [2.45, 2.75) is 25.2 Å². The smallest absolute Gasteiger partial charge is 0.122 e. The van der Waals surface area contributed by atoms with E-state index in [0.29, 0.717) is 5.92 Å². The largest absolute Gasteiger partial charge is 0.493 e. The lowest BCUT2D eigenvalue weighted by Gasteiger charge is -2.20. The van der Waals surface area contributed by atoms with E-state index in [-0.39, 0.29) is 0 Å².